The lowest BCUT2D eigenvalue weighted by molar-refractivity contribution is 0.356. The van der Waals surface area contributed by atoms with E-state index in [9.17, 15) is 0 Å². The first-order valence-corrected chi connectivity index (χ1v) is 10.1. The Labute approximate surface area is 195 Å². The van der Waals surface area contributed by atoms with E-state index in [-0.39, 0.29) is 24.8 Å². The molecule has 0 N–H and O–H groups in total. The number of nitrogens with zero attached hydrogens (tertiary/aromatic N) is 2. The zero-order chi connectivity index (χ0) is 20.2. The van der Waals surface area contributed by atoms with Crippen molar-refractivity contribution in [3.8, 4) is 11.5 Å². The molecule has 0 bridgehead atoms. The van der Waals surface area contributed by atoms with Crippen molar-refractivity contribution < 1.29 is 9.47 Å². The average molecular weight is 459 g/mol. The Morgan fingerprint density at radius 1 is 0.839 bits per heavy atom. The molecular formula is C25H28Cl2N2O2. The minimum absolute atomic E-state index is 0. The van der Waals surface area contributed by atoms with Gasteiger partial charge in [0.15, 0.2) is 11.5 Å². The molecule has 4 nitrogen and oxygen atoms in total. The highest BCUT2D eigenvalue weighted by atomic mass is 35.5. The summed E-state index contributed by atoms with van der Waals surface area (Å²) >= 11 is 0. The number of unbranched alkanes of at least 4 members (excludes halogenated alkanes) is 1. The number of aromatic nitrogens is 2. The molecule has 2 aromatic carbocycles. The minimum Gasteiger partial charge on any atom is -0.493 e. The zero-order valence-corrected chi connectivity index (χ0v) is 19.7. The van der Waals surface area contributed by atoms with Crippen LogP contribution in [0.3, 0.4) is 0 Å². The second-order valence-corrected chi connectivity index (χ2v) is 7.30. The van der Waals surface area contributed by atoms with E-state index in [0.29, 0.717) is 0 Å². The Kier molecular flexibility index (Phi) is 8.90. The molecule has 0 radical (unpaired) electrons. The van der Waals surface area contributed by atoms with E-state index in [2.05, 4.69) is 36.2 Å². The molecule has 0 atom stereocenters. The van der Waals surface area contributed by atoms with Crippen molar-refractivity contribution in [1.29, 1.82) is 0 Å². The number of methoxy groups -OCH3 is 2. The maximum Gasteiger partial charge on any atom is 0.161 e. The average Bonchev–Trinajstić information content (AvgIpc) is 2.77. The first kappa shape index (κ1) is 24.7. The Morgan fingerprint density at radius 3 is 2.26 bits per heavy atom. The smallest absolute Gasteiger partial charge is 0.161 e. The van der Waals surface area contributed by atoms with Gasteiger partial charge in [-0.05, 0) is 53.6 Å². The maximum absolute atomic E-state index is 5.57. The van der Waals surface area contributed by atoms with Crippen molar-refractivity contribution in [2.45, 2.75) is 32.6 Å². The number of aryl methyl sites for hydroxylation is 1. The van der Waals surface area contributed by atoms with E-state index in [4.69, 9.17) is 14.5 Å². The van der Waals surface area contributed by atoms with Crippen LogP contribution in [0.5, 0.6) is 11.5 Å². The van der Waals surface area contributed by atoms with Crippen LogP contribution < -0.4 is 9.47 Å². The van der Waals surface area contributed by atoms with Gasteiger partial charge in [-0.1, -0.05) is 31.5 Å². The highest BCUT2D eigenvalue weighted by Crippen LogP contribution is 2.35. The molecule has 0 aliphatic rings. The van der Waals surface area contributed by atoms with E-state index >= 15 is 0 Å². The molecule has 0 saturated heterocycles. The third-order valence-electron chi connectivity index (χ3n) is 5.37. The molecule has 0 spiro atoms. The van der Waals surface area contributed by atoms with Crippen LogP contribution in [0.2, 0.25) is 0 Å². The van der Waals surface area contributed by atoms with Crippen LogP contribution in [0.1, 0.15) is 36.6 Å². The molecule has 31 heavy (non-hydrogen) atoms. The van der Waals surface area contributed by atoms with Crippen molar-refractivity contribution in [3.63, 3.8) is 0 Å². The molecule has 0 saturated carbocycles. The largest absolute Gasteiger partial charge is 0.493 e. The van der Waals surface area contributed by atoms with Crippen LogP contribution in [-0.2, 0) is 12.8 Å². The van der Waals surface area contributed by atoms with Gasteiger partial charge >= 0.3 is 0 Å². The van der Waals surface area contributed by atoms with Crippen molar-refractivity contribution in [2.24, 2.45) is 0 Å². The molecule has 0 amide bonds. The Morgan fingerprint density at radius 2 is 1.55 bits per heavy atom. The molecule has 164 valence electrons. The fraction of sp³-hybridized carbons (Fsp3) is 0.280. The zero-order valence-electron chi connectivity index (χ0n) is 18.1. The SMILES string of the molecule is CCCCc1ncc(Cc2cnc3ccccc3c2)c2cc(OC)c(OC)cc12.Cl.Cl. The number of ether oxygens (including phenoxy) is 2. The molecule has 6 heteroatoms. The number of rotatable bonds is 7. The Hall–Kier alpha value is -2.56. The third-order valence-corrected chi connectivity index (χ3v) is 5.37. The third kappa shape index (κ3) is 5.20. The lowest BCUT2D eigenvalue weighted by Gasteiger charge is -2.15. The van der Waals surface area contributed by atoms with Crippen molar-refractivity contribution in [2.75, 3.05) is 14.2 Å². The van der Waals surface area contributed by atoms with Crippen LogP contribution >= 0.6 is 24.8 Å². The number of hydrogen-bond acceptors (Lipinski definition) is 4. The summed E-state index contributed by atoms with van der Waals surface area (Å²) in [5.74, 6) is 1.48. The summed E-state index contributed by atoms with van der Waals surface area (Å²) in [7, 11) is 3.35. The number of halogens is 2. The molecule has 4 aromatic rings. The fourth-order valence-electron chi connectivity index (χ4n) is 3.80. The van der Waals surface area contributed by atoms with Gasteiger partial charge in [0.2, 0.25) is 0 Å². The van der Waals surface area contributed by atoms with Gasteiger partial charge in [-0.2, -0.15) is 0 Å². The summed E-state index contributed by atoms with van der Waals surface area (Å²) in [4.78, 5) is 9.43. The Bertz CT molecular complexity index is 1160. The second-order valence-electron chi connectivity index (χ2n) is 7.30. The number of benzene rings is 2. The highest BCUT2D eigenvalue weighted by molar-refractivity contribution is 5.91. The van der Waals surface area contributed by atoms with Gasteiger partial charge in [0, 0.05) is 35.3 Å². The summed E-state index contributed by atoms with van der Waals surface area (Å²) in [5, 5.41) is 3.46. The van der Waals surface area contributed by atoms with Gasteiger partial charge in [0.05, 0.1) is 19.7 Å². The molecule has 0 aliphatic heterocycles. The van der Waals surface area contributed by atoms with Crippen molar-refractivity contribution in [1.82, 2.24) is 9.97 Å². The second kappa shape index (κ2) is 11.2. The van der Waals surface area contributed by atoms with Crippen molar-refractivity contribution in [3.05, 3.63) is 71.7 Å². The molecule has 0 unspecified atom stereocenters. The molecule has 2 heterocycles. The summed E-state index contributed by atoms with van der Waals surface area (Å²) in [6.07, 6.45) is 7.95. The minimum atomic E-state index is 0. The van der Waals surface area contributed by atoms with Gasteiger partial charge in [-0.3, -0.25) is 9.97 Å². The van der Waals surface area contributed by atoms with Gasteiger partial charge in [0.1, 0.15) is 0 Å². The number of para-hydroxylation sites is 1. The highest BCUT2D eigenvalue weighted by Gasteiger charge is 2.14. The van der Waals surface area contributed by atoms with Crippen LogP contribution in [0.25, 0.3) is 21.7 Å². The predicted molar refractivity (Wildman–Crippen MR) is 133 cm³/mol. The summed E-state index contributed by atoms with van der Waals surface area (Å²) in [6, 6.07) is 14.6. The van der Waals surface area contributed by atoms with E-state index < -0.39 is 0 Å². The van der Waals surface area contributed by atoms with E-state index in [0.717, 1.165) is 64.6 Å². The first-order chi connectivity index (χ1) is 14.2. The molecule has 4 rings (SSSR count). The number of hydrogen-bond donors (Lipinski definition) is 0. The van der Waals surface area contributed by atoms with Crippen LogP contribution in [0.4, 0.5) is 0 Å². The fourth-order valence-corrected chi connectivity index (χ4v) is 3.80. The van der Waals surface area contributed by atoms with Crippen LogP contribution in [0.15, 0.2) is 54.9 Å². The van der Waals surface area contributed by atoms with Gasteiger partial charge in [-0.15, -0.1) is 24.8 Å². The van der Waals surface area contributed by atoms with Gasteiger partial charge in [-0.25, -0.2) is 0 Å². The predicted octanol–water partition coefficient (Wildman–Crippen LogP) is 6.58. The monoisotopic (exact) mass is 458 g/mol. The van der Waals surface area contributed by atoms with E-state index in [1.165, 1.54) is 11.1 Å². The van der Waals surface area contributed by atoms with Crippen LogP contribution in [-0.4, -0.2) is 24.2 Å². The quantitative estimate of drug-likeness (QED) is 0.313. The normalized spacial score (nSPS) is 10.4. The summed E-state index contributed by atoms with van der Waals surface area (Å²) in [5.41, 5.74) is 4.46. The first-order valence-electron chi connectivity index (χ1n) is 10.1. The van der Waals surface area contributed by atoms with E-state index in [1.807, 2.05) is 30.6 Å². The van der Waals surface area contributed by atoms with E-state index in [1.54, 1.807) is 14.2 Å². The molecule has 0 fully saturated rings. The Balaban J connectivity index is 0.00000171. The van der Waals surface area contributed by atoms with Crippen LogP contribution in [0, 0.1) is 0 Å². The number of pyridine rings is 2. The summed E-state index contributed by atoms with van der Waals surface area (Å²) < 4.78 is 11.1. The van der Waals surface area contributed by atoms with Gasteiger partial charge in [0.25, 0.3) is 0 Å². The molecule has 0 aliphatic carbocycles. The molecular weight excluding hydrogens is 431 g/mol. The van der Waals surface area contributed by atoms with Gasteiger partial charge < -0.3 is 9.47 Å². The number of fused-ring (bicyclic) bond motifs is 2. The topological polar surface area (TPSA) is 44.2 Å². The lowest BCUT2D eigenvalue weighted by atomic mass is 9.97. The lowest BCUT2D eigenvalue weighted by Crippen LogP contribution is -2.00. The summed E-state index contributed by atoms with van der Waals surface area (Å²) in [6.45, 7) is 2.20. The standard InChI is InChI=1S/C25H26N2O2.2ClH/c1-4-5-9-23-21-14-25(29-3)24(28-2)13-20(21)19(16-27-23)12-17-11-18-8-6-7-10-22(18)26-15-17;;/h6-8,10-11,13-16H,4-5,9,12H2,1-3H3;2*1H. The van der Waals surface area contributed by atoms with Crippen molar-refractivity contribution >= 4 is 46.5 Å². The maximum atomic E-state index is 5.57. The molecule has 2 aromatic heterocycles.